The minimum Gasteiger partial charge on any atom is -0.494 e. The standard InChI is InChI=1S/C17H25NO3/c1-6-21-13-7-8-15-14(9-13)12(2)10-17(3,4)18(15)11-16(19)20-5/h7-9,12H,6,10-11H2,1-5H3/t12-/m1/s1. The van der Waals surface area contributed by atoms with Crippen LogP contribution in [0.15, 0.2) is 18.2 Å². The van der Waals surface area contributed by atoms with Crippen LogP contribution in [0.1, 0.15) is 45.6 Å². The summed E-state index contributed by atoms with van der Waals surface area (Å²) in [5.74, 6) is 1.11. The second-order valence-corrected chi connectivity index (χ2v) is 6.23. The summed E-state index contributed by atoms with van der Waals surface area (Å²) in [5.41, 5.74) is 2.27. The average Bonchev–Trinajstić information content (AvgIpc) is 2.43. The van der Waals surface area contributed by atoms with Crippen LogP contribution >= 0.6 is 0 Å². The number of ether oxygens (including phenoxy) is 2. The Morgan fingerprint density at radius 3 is 2.76 bits per heavy atom. The van der Waals surface area contributed by atoms with E-state index >= 15 is 0 Å². The summed E-state index contributed by atoms with van der Waals surface area (Å²) in [6, 6.07) is 6.13. The van der Waals surface area contributed by atoms with E-state index in [4.69, 9.17) is 9.47 Å². The zero-order valence-electron chi connectivity index (χ0n) is 13.6. The van der Waals surface area contributed by atoms with E-state index in [0.717, 1.165) is 17.9 Å². The van der Waals surface area contributed by atoms with Gasteiger partial charge < -0.3 is 14.4 Å². The molecule has 0 N–H and O–H groups in total. The molecule has 2 rings (SSSR count). The fraction of sp³-hybridized carbons (Fsp3) is 0.588. The normalized spacial score (nSPS) is 19.9. The number of hydrogen-bond acceptors (Lipinski definition) is 4. The van der Waals surface area contributed by atoms with Gasteiger partial charge in [0, 0.05) is 11.2 Å². The van der Waals surface area contributed by atoms with E-state index in [1.807, 2.05) is 13.0 Å². The van der Waals surface area contributed by atoms with Crippen molar-refractivity contribution in [3.8, 4) is 5.75 Å². The SMILES string of the molecule is CCOc1ccc2c(c1)[C@H](C)CC(C)(C)N2CC(=O)OC. The molecule has 1 aromatic rings. The number of esters is 1. The van der Waals surface area contributed by atoms with Gasteiger partial charge in [0.15, 0.2) is 0 Å². The van der Waals surface area contributed by atoms with Crippen LogP contribution in [-0.2, 0) is 9.53 Å². The Balaban J connectivity index is 2.42. The molecule has 116 valence electrons. The smallest absolute Gasteiger partial charge is 0.325 e. The lowest BCUT2D eigenvalue weighted by atomic mass is 9.80. The molecule has 0 radical (unpaired) electrons. The summed E-state index contributed by atoms with van der Waals surface area (Å²) in [6.45, 7) is 9.49. The van der Waals surface area contributed by atoms with E-state index in [1.165, 1.54) is 12.7 Å². The monoisotopic (exact) mass is 291 g/mol. The number of carbonyl (C=O) groups is 1. The van der Waals surface area contributed by atoms with Crippen LogP contribution in [0.25, 0.3) is 0 Å². The Morgan fingerprint density at radius 1 is 1.43 bits per heavy atom. The fourth-order valence-electron chi connectivity index (χ4n) is 3.22. The van der Waals surface area contributed by atoms with Gasteiger partial charge in [-0.25, -0.2) is 0 Å². The number of fused-ring (bicyclic) bond motifs is 1. The molecule has 0 aromatic heterocycles. The second kappa shape index (κ2) is 5.96. The van der Waals surface area contributed by atoms with Crippen LogP contribution in [-0.4, -0.2) is 31.8 Å². The molecule has 21 heavy (non-hydrogen) atoms. The van der Waals surface area contributed by atoms with Crippen molar-refractivity contribution in [2.75, 3.05) is 25.2 Å². The maximum absolute atomic E-state index is 11.7. The molecule has 0 fully saturated rings. The molecule has 1 heterocycles. The topological polar surface area (TPSA) is 38.8 Å². The molecule has 0 saturated carbocycles. The van der Waals surface area contributed by atoms with Crippen molar-refractivity contribution >= 4 is 11.7 Å². The lowest BCUT2D eigenvalue weighted by Gasteiger charge is -2.47. The molecule has 4 heteroatoms. The highest BCUT2D eigenvalue weighted by atomic mass is 16.5. The number of methoxy groups -OCH3 is 1. The Hall–Kier alpha value is -1.71. The summed E-state index contributed by atoms with van der Waals surface area (Å²) in [5, 5.41) is 0. The van der Waals surface area contributed by atoms with Crippen molar-refractivity contribution in [3.05, 3.63) is 23.8 Å². The van der Waals surface area contributed by atoms with E-state index in [0.29, 0.717) is 12.5 Å². The van der Waals surface area contributed by atoms with Gasteiger partial charge in [-0.2, -0.15) is 0 Å². The molecule has 1 aromatic carbocycles. The van der Waals surface area contributed by atoms with Crippen molar-refractivity contribution in [1.29, 1.82) is 0 Å². The summed E-state index contributed by atoms with van der Waals surface area (Å²) >= 11 is 0. The molecule has 1 aliphatic heterocycles. The fourth-order valence-corrected chi connectivity index (χ4v) is 3.22. The van der Waals surface area contributed by atoms with Gasteiger partial charge in [-0.3, -0.25) is 4.79 Å². The molecule has 0 bridgehead atoms. The lowest BCUT2D eigenvalue weighted by molar-refractivity contribution is -0.139. The van der Waals surface area contributed by atoms with Crippen molar-refractivity contribution < 1.29 is 14.3 Å². The highest BCUT2D eigenvalue weighted by molar-refractivity contribution is 5.77. The minimum atomic E-state index is -0.211. The van der Waals surface area contributed by atoms with E-state index in [-0.39, 0.29) is 18.1 Å². The van der Waals surface area contributed by atoms with Crippen molar-refractivity contribution in [2.45, 2.75) is 45.6 Å². The van der Waals surface area contributed by atoms with Crippen LogP contribution in [0, 0.1) is 0 Å². The van der Waals surface area contributed by atoms with Gasteiger partial charge in [-0.1, -0.05) is 6.92 Å². The predicted octanol–water partition coefficient (Wildman–Crippen LogP) is 3.35. The van der Waals surface area contributed by atoms with Crippen LogP contribution in [0.2, 0.25) is 0 Å². The first-order valence-electron chi connectivity index (χ1n) is 7.50. The van der Waals surface area contributed by atoms with E-state index in [2.05, 4.69) is 37.8 Å². The maximum Gasteiger partial charge on any atom is 0.325 e. The number of anilines is 1. The lowest BCUT2D eigenvalue weighted by Crippen LogP contribution is -2.50. The first kappa shape index (κ1) is 15.7. The summed E-state index contributed by atoms with van der Waals surface area (Å²) in [7, 11) is 1.43. The first-order valence-corrected chi connectivity index (χ1v) is 7.50. The van der Waals surface area contributed by atoms with Gasteiger partial charge in [0.2, 0.25) is 0 Å². The molecule has 0 unspecified atom stereocenters. The molecule has 1 aliphatic rings. The third kappa shape index (κ3) is 3.14. The zero-order chi connectivity index (χ0) is 15.6. The Bertz CT molecular complexity index is 525. The van der Waals surface area contributed by atoms with Gasteiger partial charge in [0.1, 0.15) is 12.3 Å². The molecule has 0 saturated heterocycles. The summed E-state index contributed by atoms with van der Waals surface area (Å²) in [6.07, 6.45) is 0.993. The van der Waals surface area contributed by atoms with Gasteiger partial charge in [0.25, 0.3) is 0 Å². The highest BCUT2D eigenvalue weighted by Crippen LogP contribution is 2.44. The van der Waals surface area contributed by atoms with Crippen LogP contribution in [0.5, 0.6) is 5.75 Å². The Kier molecular flexibility index (Phi) is 4.45. The molecule has 0 aliphatic carbocycles. The van der Waals surface area contributed by atoms with E-state index in [1.54, 1.807) is 0 Å². The van der Waals surface area contributed by atoms with Gasteiger partial charge in [0.05, 0.1) is 13.7 Å². The summed E-state index contributed by atoms with van der Waals surface area (Å²) < 4.78 is 10.4. The quantitative estimate of drug-likeness (QED) is 0.797. The van der Waals surface area contributed by atoms with Crippen molar-refractivity contribution in [2.24, 2.45) is 0 Å². The van der Waals surface area contributed by atoms with Crippen molar-refractivity contribution in [1.82, 2.24) is 0 Å². The third-order valence-electron chi connectivity index (χ3n) is 4.18. The van der Waals surface area contributed by atoms with Crippen molar-refractivity contribution in [3.63, 3.8) is 0 Å². The Labute approximate surface area is 127 Å². The first-order chi connectivity index (χ1) is 9.89. The molecule has 0 spiro atoms. The second-order valence-electron chi connectivity index (χ2n) is 6.23. The average molecular weight is 291 g/mol. The van der Waals surface area contributed by atoms with Crippen LogP contribution in [0.3, 0.4) is 0 Å². The van der Waals surface area contributed by atoms with Crippen LogP contribution < -0.4 is 9.64 Å². The number of rotatable bonds is 4. The molecular weight excluding hydrogens is 266 g/mol. The molecule has 0 amide bonds. The predicted molar refractivity (Wildman–Crippen MR) is 84.1 cm³/mol. The molecule has 1 atom stereocenters. The maximum atomic E-state index is 11.7. The number of carbonyl (C=O) groups excluding carboxylic acids is 1. The van der Waals surface area contributed by atoms with E-state index in [9.17, 15) is 4.79 Å². The van der Waals surface area contributed by atoms with Gasteiger partial charge in [-0.15, -0.1) is 0 Å². The molecule has 4 nitrogen and oxygen atoms in total. The third-order valence-corrected chi connectivity index (χ3v) is 4.18. The number of benzene rings is 1. The Morgan fingerprint density at radius 2 is 2.14 bits per heavy atom. The number of nitrogens with zero attached hydrogens (tertiary/aromatic N) is 1. The van der Waals surface area contributed by atoms with Gasteiger partial charge >= 0.3 is 5.97 Å². The number of hydrogen-bond donors (Lipinski definition) is 0. The summed E-state index contributed by atoms with van der Waals surface area (Å²) in [4.78, 5) is 13.9. The molecular formula is C17H25NO3. The van der Waals surface area contributed by atoms with E-state index < -0.39 is 0 Å². The highest BCUT2D eigenvalue weighted by Gasteiger charge is 2.37. The minimum absolute atomic E-state index is 0.0757. The van der Waals surface area contributed by atoms with Gasteiger partial charge in [-0.05, 0) is 56.9 Å². The largest absolute Gasteiger partial charge is 0.494 e. The zero-order valence-corrected chi connectivity index (χ0v) is 13.6. The van der Waals surface area contributed by atoms with Crippen LogP contribution in [0.4, 0.5) is 5.69 Å².